The monoisotopic (exact) mass is 429 g/mol. The van der Waals surface area contributed by atoms with Gasteiger partial charge in [0.05, 0.1) is 10.6 Å². The summed E-state index contributed by atoms with van der Waals surface area (Å²) < 4.78 is 28.8. The van der Waals surface area contributed by atoms with Crippen molar-refractivity contribution < 1.29 is 13.5 Å². The zero-order valence-corrected chi connectivity index (χ0v) is 17.9. The fourth-order valence-electron chi connectivity index (χ4n) is 3.65. The second-order valence-corrected chi connectivity index (χ2v) is 9.09. The number of benzene rings is 4. The molecule has 4 aromatic rings. The molecular weight excluding hydrogens is 406 g/mol. The predicted octanol–water partition coefficient (Wildman–Crippen LogP) is 5.08. The van der Waals surface area contributed by atoms with Crippen LogP contribution in [0.4, 0.5) is 5.69 Å². The van der Waals surface area contributed by atoms with E-state index < -0.39 is 15.6 Å². The van der Waals surface area contributed by atoms with Gasteiger partial charge < -0.3 is 5.11 Å². The van der Waals surface area contributed by atoms with Gasteiger partial charge in [0.2, 0.25) is 0 Å². The molecule has 2 N–H and O–H groups in total. The molecule has 0 aliphatic carbocycles. The molecule has 0 spiro atoms. The first-order valence-electron chi connectivity index (χ1n) is 9.94. The summed E-state index contributed by atoms with van der Waals surface area (Å²) in [5.41, 5.74) is 1.48. The SMILES string of the molecule is Cc1ccc(S(=O)(=O)Nc2ccccc2C(O)(c2ccccc2)c2ccccc2)cc1. The Morgan fingerprint density at radius 3 is 1.71 bits per heavy atom. The molecule has 0 fully saturated rings. The van der Waals surface area contributed by atoms with Gasteiger partial charge in [-0.1, -0.05) is 96.6 Å². The van der Waals surface area contributed by atoms with Gasteiger partial charge in [0.15, 0.2) is 0 Å². The lowest BCUT2D eigenvalue weighted by Crippen LogP contribution is -2.30. The van der Waals surface area contributed by atoms with Crippen LogP contribution in [0, 0.1) is 6.92 Å². The van der Waals surface area contributed by atoms with Crippen LogP contribution in [0.25, 0.3) is 0 Å². The molecule has 0 radical (unpaired) electrons. The average Bonchev–Trinajstić information content (AvgIpc) is 2.80. The Labute approximate surface area is 182 Å². The molecular formula is C26H23NO3S. The van der Waals surface area contributed by atoms with Crippen molar-refractivity contribution in [2.75, 3.05) is 4.72 Å². The zero-order valence-electron chi connectivity index (χ0n) is 17.1. The standard InChI is InChI=1S/C26H23NO3S/c1-20-16-18-23(19-17-20)31(29,30)27-25-15-9-8-14-24(25)26(28,21-10-4-2-5-11-21)22-12-6-3-7-13-22/h2-19,27-28H,1H3. The topological polar surface area (TPSA) is 66.4 Å². The molecule has 156 valence electrons. The van der Waals surface area contributed by atoms with E-state index in [4.69, 9.17) is 0 Å². The lowest BCUT2D eigenvalue weighted by Gasteiger charge is -2.32. The van der Waals surface area contributed by atoms with E-state index in [-0.39, 0.29) is 4.90 Å². The van der Waals surface area contributed by atoms with E-state index in [9.17, 15) is 13.5 Å². The lowest BCUT2D eigenvalue weighted by atomic mass is 9.80. The molecule has 4 nitrogen and oxygen atoms in total. The van der Waals surface area contributed by atoms with E-state index in [2.05, 4.69) is 4.72 Å². The maximum Gasteiger partial charge on any atom is 0.261 e. The summed E-state index contributed by atoms with van der Waals surface area (Å²) in [6.45, 7) is 1.90. The van der Waals surface area contributed by atoms with Crippen LogP contribution in [-0.2, 0) is 15.6 Å². The average molecular weight is 430 g/mol. The largest absolute Gasteiger partial charge is 0.376 e. The highest BCUT2D eigenvalue weighted by Gasteiger charge is 2.36. The summed E-state index contributed by atoms with van der Waals surface area (Å²) in [4.78, 5) is 0.163. The number of hydrogen-bond donors (Lipinski definition) is 2. The van der Waals surface area contributed by atoms with E-state index in [1.807, 2.05) is 67.6 Å². The Morgan fingerprint density at radius 1 is 0.677 bits per heavy atom. The Morgan fingerprint density at radius 2 is 1.16 bits per heavy atom. The summed E-state index contributed by atoms with van der Waals surface area (Å²) >= 11 is 0. The lowest BCUT2D eigenvalue weighted by molar-refractivity contribution is 0.126. The molecule has 0 bridgehead atoms. The molecule has 4 aromatic carbocycles. The van der Waals surface area contributed by atoms with E-state index >= 15 is 0 Å². The summed E-state index contributed by atoms with van der Waals surface area (Å²) in [7, 11) is -3.84. The Balaban J connectivity index is 1.87. The molecule has 0 atom stereocenters. The van der Waals surface area contributed by atoms with Crippen LogP contribution in [0.15, 0.2) is 114 Å². The molecule has 0 unspecified atom stereocenters. The summed E-state index contributed by atoms with van der Waals surface area (Å²) in [5, 5.41) is 12.1. The number of aryl methyl sites for hydroxylation is 1. The third-order valence-electron chi connectivity index (χ3n) is 5.28. The first-order valence-corrected chi connectivity index (χ1v) is 11.4. The molecule has 0 amide bonds. The quantitative estimate of drug-likeness (QED) is 0.420. The van der Waals surface area contributed by atoms with E-state index in [0.29, 0.717) is 22.4 Å². The molecule has 0 saturated heterocycles. The smallest absolute Gasteiger partial charge is 0.261 e. The summed E-state index contributed by atoms with van der Waals surface area (Å²) in [5.74, 6) is 0. The van der Waals surface area contributed by atoms with E-state index in [1.165, 1.54) is 0 Å². The van der Waals surface area contributed by atoms with Crippen molar-refractivity contribution in [2.45, 2.75) is 17.4 Å². The fourth-order valence-corrected chi connectivity index (χ4v) is 4.72. The third-order valence-corrected chi connectivity index (χ3v) is 6.66. The Bertz CT molecular complexity index is 1230. The predicted molar refractivity (Wildman–Crippen MR) is 123 cm³/mol. The third kappa shape index (κ3) is 4.10. The zero-order chi connectivity index (χ0) is 21.9. The summed E-state index contributed by atoms with van der Waals surface area (Å²) in [6, 6.07) is 32.1. The van der Waals surface area contributed by atoms with Crippen LogP contribution in [0.2, 0.25) is 0 Å². The van der Waals surface area contributed by atoms with Gasteiger partial charge in [-0.05, 0) is 36.2 Å². The molecule has 0 saturated carbocycles. The number of anilines is 1. The highest BCUT2D eigenvalue weighted by atomic mass is 32.2. The van der Waals surface area contributed by atoms with Crippen LogP contribution in [0.1, 0.15) is 22.3 Å². The van der Waals surface area contributed by atoms with Crippen LogP contribution < -0.4 is 4.72 Å². The van der Waals surface area contributed by atoms with Crippen molar-refractivity contribution in [2.24, 2.45) is 0 Å². The highest BCUT2D eigenvalue weighted by Crippen LogP contribution is 2.40. The van der Waals surface area contributed by atoms with Crippen molar-refractivity contribution in [3.05, 3.63) is 131 Å². The van der Waals surface area contributed by atoms with Gasteiger partial charge in [-0.25, -0.2) is 8.42 Å². The van der Waals surface area contributed by atoms with Crippen LogP contribution in [-0.4, -0.2) is 13.5 Å². The van der Waals surface area contributed by atoms with Crippen LogP contribution in [0.3, 0.4) is 0 Å². The number of nitrogens with one attached hydrogen (secondary N) is 1. The molecule has 31 heavy (non-hydrogen) atoms. The maximum absolute atomic E-state index is 13.1. The summed E-state index contributed by atoms with van der Waals surface area (Å²) in [6.07, 6.45) is 0. The molecule has 0 aliphatic heterocycles. The number of rotatable bonds is 6. The van der Waals surface area contributed by atoms with E-state index in [1.54, 1.807) is 48.5 Å². The molecule has 0 aromatic heterocycles. The van der Waals surface area contributed by atoms with Gasteiger partial charge in [-0.3, -0.25) is 4.72 Å². The second-order valence-electron chi connectivity index (χ2n) is 7.41. The normalized spacial score (nSPS) is 11.8. The van der Waals surface area contributed by atoms with Crippen LogP contribution in [0.5, 0.6) is 0 Å². The number of hydrogen-bond acceptors (Lipinski definition) is 3. The minimum Gasteiger partial charge on any atom is -0.376 e. The van der Waals surface area contributed by atoms with Gasteiger partial charge in [-0.15, -0.1) is 0 Å². The Hall–Kier alpha value is -3.41. The van der Waals surface area contributed by atoms with Gasteiger partial charge in [0, 0.05) is 5.56 Å². The molecule has 0 aliphatic rings. The van der Waals surface area contributed by atoms with Crippen molar-refractivity contribution in [1.82, 2.24) is 0 Å². The van der Waals surface area contributed by atoms with Crippen molar-refractivity contribution >= 4 is 15.7 Å². The number of sulfonamides is 1. The van der Waals surface area contributed by atoms with Gasteiger partial charge in [0.1, 0.15) is 5.60 Å². The first kappa shape index (κ1) is 20.8. The van der Waals surface area contributed by atoms with E-state index in [0.717, 1.165) is 5.56 Å². The minimum atomic E-state index is -3.84. The number of para-hydroxylation sites is 1. The van der Waals surface area contributed by atoms with Crippen LogP contribution >= 0.6 is 0 Å². The van der Waals surface area contributed by atoms with Crippen molar-refractivity contribution in [3.63, 3.8) is 0 Å². The van der Waals surface area contributed by atoms with Crippen molar-refractivity contribution in [1.29, 1.82) is 0 Å². The second kappa shape index (κ2) is 8.38. The minimum absolute atomic E-state index is 0.163. The fraction of sp³-hybridized carbons (Fsp3) is 0.0769. The van der Waals surface area contributed by atoms with Crippen molar-refractivity contribution in [3.8, 4) is 0 Å². The highest BCUT2D eigenvalue weighted by molar-refractivity contribution is 7.92. The molecule has 0 heterocycles. The molecule has 5 heteroatoms. The Kier molecular flexibility index (Phi) is 5.63. The first-order chi connectivity index (χ1) is 14.9. The maximum atomic E-state index is 13.1. The van der Waals surface area contributed by atoms with Gasteiger partial charge in [0.25, 0.3) is 10.0 Å². The molecule has 4 rings (SSSR count). The van der Waals surface area contributed by atoms with Gasteiger partial charge in [-0.2, -0.15) is 0 Å². The number of aliphatic hydroxyl groups is 1. The van der Waals surface area contributed by atoms with Gasteiger partial charge >= 0.3 is 0 Å².